The number of aliphatic hydroxyl groups excluding tert-OH is 1. The molecule has 282 valence electrons. The largest absolute Gasteiger partial charge is 0.497 e. The van der Waals surface area contributed by atoms with Crippen LogP contribution in [0.3, 0.4) is 0 Å². The van der Waals surface area contributed by atoms with E-state index in [4.69, 9.17) is 18.9 Å². The second kappa shape index (κ2) is 16.0. The summed E-state index contributed by atoms with van der Waals surface area (Å²) >= 11 is 0. The Bertz CT molecular complexity index is 1890. The molecular weight excluding hydrogens is 690 g/mol. The van der Waals surface area contributed by atoms with E-state index < -0.39 is 72.2 Å². The lowest BCUT2D eigenvalue weighted by atomic mass is 9.77. The molecule has 2 fully saturated rings. The Morgan fingerprint density at radius 1 is 0.926 bits per heavy atom. The highest BCUT2D eigenvalue weighted by Crippen LogP contribution is 2.54. The summed E-state index contributed by atoms with van der Waals surface area (Å²) in [5, 5.41) is 13.9. The molecule has 3 aromatic rings. The SMILES string of the molecule is COC[C@@H]1NC(=O)CC/C=C\[C@@H]2O[C@@]34C=CCN(c5ccc(OC)cc5)C(=O)[C@@H]3N([C@@H](CO)Cc3ccccc3)C(=O)[C@H]4[C@@H]2C(=O)O[C@H]1c1ccccc1. The molecule has 2 saturated heterocycles. The van der Waals surface area contributed by atoms with E-state index in [1.807, 2.05) is 48.5 Å². The molecule has 7 rings (SSSR count). The average Bonchev–Trinajstić information content (AvgIpc) is 3.58. The standard InChI is InChI=1S/C42H45N3O9/c1-51-26-32-37(28-14-7-4-8-15-28)53-41(50)35-33(16-9-10-17-34(47)43-32)54-42-22-11-23-44(29-18-20-31(52-2)21-19-29)40(49)38(42)45(39(48)36(35)42)30(25-46)24-27-12-5-3-6-13-27/h3-9,11-16,18-22,30,32-33,35-38,46H,10,17,23-26H2,1-2H3,(H,43,47)/b16-9-/t30-,32+,33+,35-,36-,37+,38+,42-/m1/s1. The van der Waals surface area contributed by atoms with Crippen molar-refractivity contribution in [1.82, 2.24) is 10.2 Å². The summed E-state index contributed by atoms with van der Waals surface area (Å²) in [5.41, 5.74) is 0.479. The molecule has 0 bridgehead atoms. The number of anilines is 1. The number of benzene rings is 3. The van der Waals surface area contributed by atoms with Crippen molar-refractivity contribution in [2.24, 2.45) is 11.8 Å². The van der Waals surface area contributed by atoms with Gasteiger partial charge in [0.2, 0.25) is 11.8 Å². The third-order valence-corrected chi connectivity index (χ3v) is 10.8. The first-order valence-electron chi connectivity index (χ1n) is 18.3. The van der Waals surface area contributed by atoms with E-state index in [0.717, 1.165) is 5.56 Å². The molecule has 4 aliphatic heterocycles. The smallest absolute Gasteiger partial charge is 0.313 e. The van der Waals surface area contributed by atoms with Crippen LogP contribution < -0.4 is 15.0 Å². The first-order valence-corrected chi connectivity index (χ1v) is 18.3. The number of nitrogens with zero attached hydrogens (tertiary/aromatic N) is 2. The van der Waals surface area contributed by atoms with E-state index in [9.17, 15) is 14.7 Å². The monoisotopic (exact) mass is 735 g/mol. The van der Waals surface area contributed by atoms with Gasteiger partial charge in [-0.3, -0.25) is 19.2 Å². The zero-order chi connectivity index (χ0) is 37.8. The predicted molar refractivity (Wildman–Crippen MR) is 198 cm³/mol. The summed E-state index contributed by atoms with van der Waals surface area (Å²) in [5.74, 6) is -3.61. The summed E-state index contributed by atoms with van der Waals surface area (Å²) in [6, 6.07) is 22.7. The van der Waals surface area contributed by atoms with Crippen LogP contribution in [0.1, 0.15) is 30.1 Å². The van der Waals surface area contributed by atoms with Crippen molar-refractivity contribution in [3.8, 4) is 5.75 Å². The molecule has 0 radical (unpaired) electrons. The number of hydrogen-bond donors (Lipinski definition) is 2. The Kier molecular flexibility index (Phi) is 11.0. The van der Waals surface area contributed by atoms with Gasteiger partial charge in [-0.25, -0.2) is 0 Å². The number of carbonyl (C=O) groups excluding carboxylic acids is 4. The zero-order valence-corrected chi connectivity index (χ0v) is 30.3. The van der Waals surface area contributed by atoms with Gasteiger partial charge < -0.3 is 39.2 Å². The minimum absolute atomic E-state index is 0.0528. The van der Waals surface area contributed by atoms with Crippen molar-refractivity contribution in [3.05, 3.63) is 120 Å². The van der Waals surface area contributed by atoms with Crippen molar-refractivity contribution < 1.29 is 43.2 Å². The molecule has 1 spiro atoms. The molecule has 12 heteroatoms. The van der Waals surface area contributed by atoms with Gasteiger partial charge in [0.05, 0.1) is 44.4 Å². The number of allylic oxidation sites excluding steroid dienone is 1. The van der Waals surface area contributed by atoms with E-state index in [0.29, 0.717) is 23.4 Å². The van der Waals surface area contributed by atoms with Gasteiger partial charge in [-0.15, -0.1) is 0 Å². The number of fused-ring (bicyclic) bond motifs is 2. The van der Waals surface area contributed by atoms with E-state index in [1.165, 1.54) is 12.0 Å². The van der Waals surface area contributed by atoms with Gasteiger partial charge in [-0.05, 0) is 48.2 Å². The van der Waals surface area contributed by atoms with E-state index in [1.54, 1.807) is 72.7 Å². The van der Waals surface area contributed by atoms with Crippen molar-refractivity contribution in [2.45, 2.75) is 55.2 Å². The van der Waals surface area contributed by atoms with Crippen LogP contribution in [0.25, 0.3) is 0 Å². The van der Waals surface area contributed by atoms with Crippen LogP contribution in [-0.2, 0) is 39.8 Å². The molecule has 0 aliphatic carbocycles. The van der Waals surface area contributed by atoms with Crippen LogP contribution in [-0.4, -0.2) is 97.5 Å². The van der Waals surface area contributed by atoms with Crippen LogP contribution in [0, 0.1) is 11.8 Å². The Morgan fingerprint density at radius 2 is 1.65 bits per heavy atom. The number of likely N-dealkylation sites (tertiary alicyclic amines) is 1. The Morgan fingerprint density at radius 3 is 2.33 bits per heavy atom. The van der Waals surface area contributed by atoms with Crippen LogP contribution >= 0.6 is 0 Å². The molecular formula is C42H45N3O9. The summed E-state index contributed by atoms with van der Waals surface area (Å²) in [4.78, 5) is 61.1. The van der Waals surface area contributed by atoms with Gasteiger partial charge >= 0.3 is 5.97 Å². The fourth-order valence-corrected chi connectivity index (χ4v) is 8.35. The van der Waals surface area contributed by atoms with Crippen LogP contribution in [0.4, 0.5) is 5.69 Å². The average molecular weight is 736 g/mol. The molecule has 4 heterocycles. The van der Waals surface area contributed by atoms with Crippen LogP contribution in [0.2, 0.25) is 0 Å². The molecule has 0 aromatic heterocycles. The molecule has 8 atom stereocenters. The third-order valence-electron chi connectivity index (χ3n) is 10.8. The lowest BCUT2D eigenvalue weighted by molar-refractivity contribution is -0.162. The van der Waals surface area contributed by atoms with Gasteiger partial charge in [0.1, 0.15) is 29.4 Å². The number of rotatable bonds is 9. The quantitative estimate of drug-likeness (QED) is 0.249. The van der Waals surface area contributed by atoms with Gasteiger partial charge in [0.25, 0.3) is 5.91 Å². The molecule has 3 amide bonds. The normalized spacial score (nSPS) is 29.5. The number of methoxy groups -OCH3 is 2. The minimum Gasteiger partial charge on any atom is -0.497 e. The van der Waals surface area contributed by atoms with E-state index in [-0.39, 0.29) is 31.9 Å². The fourth-order valence-electron chi connectivity index (χ4n) is 8.35. The van der Waals surface area contributed by atoms with Gasteiger partial charge in [-0.1, -0.05) is 85.0 Å². The number of cyclic esters (lactones) is 1. The molecule has 0 unspecified atom stereocenters. The Hall–Kier alpha value is -5.30. The minimum atomic E-state index is -1.60. The number of ether oxygens (including phenoxy) is 4. The fraction of sp³-hybridized carbons (Fsp3) is 0.381. The number of amides is 3. The number of esters is 1. The topological polar surface area (TPSA) is 144 Å². The summed E-state index contributed by atoms with van der Waals surface area (Å²) in [6.07, 6.45) is 5.82. The molecule has 54 heavy (non-hydrogen) atoms. The maximum atomic E-state index is 15.2. The van der Waals surface area contributed by atoms with Crippen molar-refractivity contribution in [3.63, 3.8) is 0 Å². The molecule has 2 N–H and O–H groups in total. The Balaban J connectivity index is 1.34. The number of carbonyl (C=O) groups is 4. The lowest BCUT2D eigenvalue weighted by Gasteiger charge is -2.38. The van der Waals surface area contributed by atoms with Gasteiger partial charge in [0.15, 0.2) is 0 Å². The van der Waals surface area contributed by atoms with Gasteiger partial charge in [-0.2, -0.15) is 0 Å². The highest BCUT2D eigenvalue weighted by Gasteiger charge is 2.72. The third kappa shape index (κ3) is 6.92. The van der Waals surface area contributed by atoms with Crippen LogP contribution in [0.5, 0.6) is 5.75 Å². The number of aliphatic hydroxyl groups is 1. The maximum Gasteiger partial charge on any atom is 0.313 e. The van der Waals surface area contributed by atoms with Gasteiger partial charge in [0, 0.05) is 25.8 Å². The Labute approximate surface area is 314 Å². The molecule has 12 nitrogen and oxygen atoms in total. The summed E-state index contributed by atoms with van der Waals surface area (Å²) in [7, 11) is 3.06. The molecule has 4 aliphatic rings. The second-order valence-corrected chi connectivity index (χ2v) is 14.0. The lowest BCUT2D eigenvalue weighted by Crippen LogP contribution is -2.58. The first-order chi connectivity index (χ1) is 26.3. The number of nitrogens with one attached hydrogen (secondary N) is 1. The predicted octanol–water partition coefficient (Wildman–Crippen LogP) is 3.55. The maximum absolute atomic E-state index is 15.2. The second-order valence-electron chi connectivity index (χ2n) is 14.0. The van der Waals surface area contributed by atoms with Crippen molar-refractivity contribution in [2.75, 3.05) is 38.9 Å². The van der Waals surface area contributed by atoms with E-state index >= 15 is 9.59 Å². The molecule has 0 saturated carbocycles. The summed E-state index contributed by atoms with van der Waals surface area (Å²) in [6.45, 7) is -0.216. The first kappa shape index (κ1) is 37.0. The highest BCUT2D eigenvalue weighted by atomic mass is 16.6. The van der Waals surface area contributed by atoms with Crippen LogP contribution in [0.15, 0.2) is 109 Å². The zero-order valence-electron chi connectivity index (χ0n) is 30.3. The van der Waals surface area contributed by atoms with E-state index in [2.05, 4.69) is 5.32 Å². The highest BCUT2D eigenvalue weighted by molar-refractivity contribution is 6.05. The molecule has 3 aromatic carbocycles. The number of hydrogen-bond acceptors (Lipinski definition) is 9. The van der Waals surface area contributed by atoms with Crippen molar-refractivity contribution in [1.29, 1.82) is 0 Å². The van der Waals surface area contributed by atoms with Crippen molar-refractivity contribution >= 4 is 29.4 Å². The summed E-state index contributed by atoms with van der Waals surface area (Å²) < 4.78 is 24.1.